The molecule has 1 aromatic carbocycles. The van der Waals surface area contributed by atoms with E-state index in [2.05, 4.69) is 35.8 Å². The average molecular weight is 284 g/mol. The molecule has 88 valence electrons. The molecule has 3 heteroatoms. The predicted octanol–water partition coefficient (Wildman–Crippen LogP) is 3.23. The molecule has 0 aromatic heterocycles. The van der Waals surface area contributed by atoms with E-state index in [0.29, 0.717) is 0 Å². The number of hydrogen-bond donors (Lipinski definition) is 1. The SMILES string of the molecule is COc1ccc(Br)cc1C1(C(C)(C)N)CC1. The lowest BCUT2D eigenvalue weighted by atomic mass is 9.79. The molecule has 2 nitrogen and oxygen atoms in total. The van der Waals surface area contributed by atoms with Crippen molar-refractivity contribution in [1.29, 1.82) is 0 Å². The summed E-state index contributed by atoms with van der Waals surface area (Å²) < 4.78 is 6.53. The smallest absolute Gasteiger partial charge is 0.122 e. The first-order chi connectivity index (χ1) is 7.40. The van der Waals surface area contributed by atoms with Gasteiger partial charge in [0.25, 0.3) is 0 Å². The van der Waals surface area contributed by atoms with Crippen molar-refractivity contribution in [1.82, 2.24) is 0 Å². The van der Waals surface area contributed by atoms with Crippen LogP contribution < -0.4 is 10.5 Å². The molecule has 1 aliphatic carbocycles. The topological polar surface area (TPSA) is 35.2 Å². The minimum Gasteiger partial charge on any atom is -0.496 e. The summed E-state index contributed by atoms with van der Waals surface area (Å²) in [6.45, 7) is 4.20. The van der Waals surface area contributed by atoms with Gasteiger partial charge >= 0.3 is 0 Å². The molecule has 0 amide bonds. The van der Waals surface area contributed by atoms with E-state index >= 15 is 0 Å². The third-order valence-corrected chi connectivity index (χ3v) is 4.15. The first-order valence-corrected chi connectivity index (χ1v) is 6.33. The van der Waals surface area contributed by atoms with Crippen molar-refractivity contribution in [3.8, 4) is 5.75 Å². The molecule has 1 aromatic rings. The Labute approximate surface area is 105 Å². The zero-order chi connectivity index (χ0) is 12.0. The second-order valence-corrected chi connectivity index (χ2v) is 6.06. The van der Waals surface area contributed by atoms with Gasteiger partial charge in [-0.1, -0.05) is 15.9 Å². The van der Waals surface area contributed by atoms with E-state index in [1.165, 1.54) is 5.56 Å². The van der Waals surface area contributed by atoms with E-state index in [1.54, 1.807) is 7.11 Å². The Bertz CT molecular complexity index is 405. The van der Waals surface area contributed by atoms with Gasteiger partial charge in [0.1, 0.15) is 5.75 Å². The van der Waals surface area contributed by atoms with E-state index in [0.717, 1.165) is 23.1 Å². The van der Waals surface area contributed by atoms with Crippen LogP contribution in [0.5, 0.6) is 5.75 Å². The Morgan fingerprint density at radius 2 is 2.00 bits per heavy atom. The van der Waals surface area contributed by atoms with Crippen LogP contribution in [0.3, 0.4) is 0 Å². The summed E-state index contributed by atoms with van der Waals surface area (Å²) in [4.78, 5) is 0. The summed E-state index contributed by atoms with van der Waals surface area (Å²) >= 11 is 3.52. The van der Waals surface area contributed by atoms with Crippen molar-refractivity contribution >= 4 is 15.9 Å². The molecule has 0 unspecified atom stereocenters. The first-order valence-electron chi connectivity index (χ1n) is 5.54. The quantitative estimate of drug-likeness (QED) is 0.925. The van der Waals surface area contributed by atoms with E-state index in [4.69, 9.17) is 10.5 Å². The molecule has 0 spiro atoms. The molecule has 0 bridgehead atoms. The van der Waals surface area contributed by atoms with Crippen LogP contribution in [0.25, 0.3) is 0 Å². The molecule has 16 heavy (non-hydrogen) atoms. The van der Waals surface area contributed by atoms with Crippen LogP contribution >= 0.6 is 15.9 Å². The fourth-order valence-corrected chi connectivity index (χ4v) is 2.80. The average Bonchev–Trinajstić information content (AvgIpc) is 2.97. The lowest BCUT2D eigenvalue weighted by Gasteiger charge is -2.32. The third kappa shape index (κ3) is 1.76. The standard InChI is InChI=1S/C13H18BrNO/c1-12(2,15)13(6-7-13)10-8-9(14)4-5-11(10)16-3/h4-5,8H,6-7,15H2,1-3H3. The second kappa shape index (κ2) is 3.74. The molecule has 2 N–H and O–H groups in total. The molecule has 0 aliphatic heterocycles. The monoisotopic (exact) mass is 283 g/mol. The zero-order valence-electron chi connectivity index (χ0n) is 10.0. The molecular weight excluding hydrogens is 266 g/mol. The first kappa shape index (κ1) is 11.9. The second-order valence-electron chi connectivity index (χ2n) is 5.15. The van der Waals surface area contributed by atoms with E-state index in [-0.39, 0.29) is 11.0 Å². The molecule has 0 atom stereocenters. The fraction of sp³-hybridized carbons (Fsp3) is 0.538. The van der Waals surface area contributed by atoms with Crippen LogP contribution in [0.2, 0.25) is 0 Å². The van der Waals surface area contributed by atoms with Gasteiger partial charge in [-0.15, -0.1) is 0 Å². The highest BCUT2D eigenvalue weighted by Crippen LogP contribution is 2.57. The van der Waals surface area contributed by atoms with E-state index < -0.39 is 0 Å². The van der Waals surface area contributed by atoms with Crippen LogP contribution in [0.1, 0.15) is 32.3 Å². The largest absolute Gasteiger partial charge is 0.496 e. The summed E-state index contributed by atoms with van der Waals surface area (Å²) in [5.41, 5.74) is 7.42. The number of rotatable bonds is 3. The van der Waals surface area contributed by atoms with Gasteiger partial charge in [0, 0.05) is 21.0 Å². The predicted molar refractivity (Wildman–Crippen MR) is 69.9 cm³/mol. The van der Waals surface area contributed by atoms with Gasteiger partial charge in [-0.3, -0.25) is 0 Å². The summed E-state index contributed by atoms with van der Waals surface area (Å²) in [6.07, 6.45) is 2.28. The van der Waals surface area contributed by atoms with Gasteiger partial charge in [-0.25, -0.2) is 0 Å². The Balaban J connectivity index is 2.51. The lowest BCUT2D eigenvalue weighted by Crippen LogP contribution is -2.45. The number of benzene rings is 1. The van der Waals surface area contributed by atoms with E-state index in [1.807, 2.05) is 12.1 Å². The number of halogens is 1. The number of methoxy groups -OCH3 is 1. The van der Waals surface area contributed by atoms with Gasteiger partial charge in [-0.05, 0) is 44.9 Å². The normalized spacial score (nSPS) is 18.3. The van der Waals surface area contributed by atoms with Crippen molar-refractivity contribution in [2.24, 2.45) is 5.73 Å². The molecule has 0 radical (unpaired) electrons. The molecule has 2 rings (SSSR count). The minimum absolute atomic E-state index is 0.0854. The molecule has 1 saturated carbocycles. The highest BCUT2D eigenvalue weighted by atomic mass is 79.9. The highest BCUT2D eigenvalue weighted by Gasteiger charge is 2.55. The highest BCUT2D eigenvalue weighted by molar-refractivity contribution is 9.10. The van der Waals surface area contributed by atoms with Crippen molar-refractivity contribution in [3.63, 3.8) is 0 Å². The molecule has 1 aliphatic rings. The number of nitrogens with two attached hydrogens (primary N) is 1. The van der Waals surface area contributed by atoms with Crippen molar-refractivity contribution in [2.75, 3.05) is 7.11 Å². The van der Waals surface area contributed by atoms with E-state index in [9.17, 15) is 0 Å². The van der Waals surface area contributed by atoms with Crippen molar-refractivity contribution < 1.29 is 4.74 Å². The Morgan fingerprint density at radius 3 is 2.44 bits per heavy atom. The number of ether oxygens (including phenoxy) is 1. The zero-order valence-corrected chi connectivity index (χ0v) is 11.6. The maximum Gasteiger partial charge on any atom is 0.122 e. The fourth-order valence-electron chi connectivity index (χ4n) is 2.44. The van der Waals surface area contributed by atoms with Crippen molar-refractivity contribution in [2.45, 2.75) is 37.6 Å². The molecule has 0 heterocycles. The van der Waals surface area contributed by atoms with Crippen LogP contribution in [-0.2, 0) is 5.41 Å². The van der Waals surface area contributed by atoms with Gasteiger partial charge in [0.2, 0.25) is 0 Å². The van der Waals surface area contributed by atoms with Gasteiger partial charge in [0.05, 0.1) is 7.11 Å². The summed E-state index contributed by atoms with van der Waals surface area (Å²) in [5, 5.41) is 0. The summed E-state index contributed by atoms with van der Waals surface area (Å²) in [5.74, 6) is 0.944. The van der Waals surface area contributed by atoms with Crippen molar-refractivity contribution in [3.05, 3.63) is 28.2 Å². The van der Waals surface area contributed by atoms with Gasteiger partial charge in [0.15, 0.2) is 0 Å². The lowest BCUT2D eigenvalue weighted by molar-refractivity contribution is 0.359. The van der Waals surface area contributed by atoms with Crippen LogP contribution in [0, 0.1) is 0 Å². The maximum atomic E-state index is 6.31. The Hall–Kier alpha value is -0.540. The minimum atomic E-state index is -0.207. The molecule has 0 saturated heterocycles. The summed E-state index contributed by atoms with van der Waals surface area (Å²) in [6, 6.07) is 6.15. The number of hydrogen-bond acceptors (Lipinski definition) is 2. The Morgan fingerprint density at radius 1 is 1.38 bits per heavy atom. The van der Waals surface area contributed by atoms with Gasteiger partial charge < -0.3 is 10.5 Å². The van der Waals surface area contributed by atoms with Crippen LogP contribution in [0.15, 0.2) is 22.7 Å². The van der Waals surface area contributed by atoms with Crippen LogP contribution in [0.4, 0.5) is 0 Å². The molecule has 1 fully saturated rings. The molecular formula is C13H18BrNO. The summed E-state index contributed by atoms with van der Waals surface area (Å²) in [7, 11) is 1.71. The Kier molecular flexibility index (Phi) is 2.79. The van der Waals surface area contributed by atoms with Crippen LogP contribution in [-0.4, -0.2) is 12.6 Å². The maximum absolute atomic E-state index is 6.31. The van der Waals surface area contributed by atoms with Gasteiger partial charge in [-0.2, -0.15) is 0 Å². The third-order valence-electron chi connectivity index (χ3n) is 3.66.